The lowest BCUT2D eigenvalue weighted by atomic mass is 10.1. The first kappa shape index (κ1) is 13.3. The number of anilines is 2. The van der Waals surface area contributed by atoms with E-state index >= 15 is 0 Å². The van der Waals surface area contributed by atoms with Gasteiger partial charge in [-0.25, -0.2) is 4.39 Å². The van der Waals surface area contributed by atoms with Crippen molar-refractivity contribution in [3.8, 4) is 0 Å². The van der Waals surface area contributed by atoms with Gasteiger partial charge in [0, 0.05) is 31.7 Å². The largest absolute Gasteiger partial charge is 0.371 e. The maximum absolute atomic E-state index is 13.5. The minimum absolute atomic E-state index is 0.135. The van der Waals surface area contributed by atoms with E-state index in [1.54, 1.807) is 11.0 Å². The Morgan fingerprint density at radius 1 is 1.27 bits per heavy atom. The summed E-state index contributed by atoms with van der Waals surface area (Å²) in [5.41, 5.74) is 2.94. The average Bonchev–Trinajstić information content (AvgIpc) is 3.25. The van der Waals surface area contributed by atoms with Gasteiger partial charge in [0.15, 0.2) is 5.69 Å². The molecular weight excluding hydrogens is 283 g/mol. The van der Waals surface area contributed by atoms with Crippen LogP contribution in [0.15, 0.2) is 24.3 Å². The number of carbonyl (C=O) groups excluding carboxylic acids is 1. The Labute approximate surface area is 127 Å². The minimum Gasteiger partial charge on any atom is -0.371 e. The molecule has 1 aliphatic heterocycles. The monoisotopic (exact) mass is 300 g/mol. The van der Waals surface area contributed by atoms with Crippen LogP contribution in [0.4, 0.5) is 15.8 Å². The maximum atomic E-state index is 13.5. The summed E-state index contributed by atoms with van der Waals surface area (Å²) in [6.07, 6.45) is 2.32. The molecule has 1 fully saturated rings. The summed E-state index contributed by atoms with van der Waals surface area (Å²) in [6.45, 7) is 1.24. The molecule has 6 heteroatoms. The van der Waals surface area contributed by atoms with Crippen LogP contribution in [0.1, 0.15) is 34.9 Å². The van der Waals surface area contributed by atoms with Crippen LogP contribution >= 0.6 is 0 Å². The molecule has 0 unspecified atom stereocenters. The molecule has 2 aliphatic rings. The summed E-state index contributed by atoms with van der Waals surface area (Å²) < 4.78 is 13.5. The Hall–Kier alpha value is -2.37. The first-order chi connectivity index (χ1) is 10.6. The maximum Gasteiger partial charge on any atom is 0.278 e. The van der Waals surface area contributed by atoms with Crippen LogP contribution in [0, 0.1) is 5.82 Å². The van der Waals surface area contributed by atoms with E-state index in [0.717, 1.165) is 29.9 Å². The highest BCUT2D eigenvalue weighted by Gasteiger charge is 2.30. The second-order valence-corrected chi connectivity index (χ2v) is 5.99. The highest BCUT2D eigenvalue weighted by Crippen LogP contribution is 2.39. The summed E-state index contributed by atoms with van der Waals surface area (Å²) >= 11 is 0. The van der Waals surface area contributed by atoms with Gasteiger partial charge in [-0.3, -0.25) is 9.89 Å². The molecule has 1 saturated carbocycles. The van der Waals surface area contributed by atoms with Crippen molar-refractivity contribution in [2.75, 3.05) is 29.9 Å². The number of hydrogen-bond donors (Lipinski definition) is 1. The Balaban J connectivity index is 1.67. The predicted octanol–water partition coefficient (Wildman–Crippen LogP) is 2.52. The molecule has 22 heavy (non-hydrogen) atoms. The van der Waals surface area contributed by atoms with Crippen molar-refractivity contribution in [1.82, 2.24) is 10.2 Å². The summed E-state index contributed by atoms with van der Waals surface area (Å²) in [5.74, 6) is 0.0997. The van der Waals surface area contributed by atoms with Crippen LogP contribution in [0.3, 0.4) is 0 Å². The zero-order valence-electron chi connectivity index (χ0n) is 12.3. The molecule has 0 saturated heterocycles. The first-order valence-electron chi connectivity index (χ1n) is 7.51. The smallest absolute Gasteiger partial charge is 0.278 e. The van der Waals surface area contributed by atoms with Crippen LogP contribution in [0.5, 0.6) is 0 Å². The van der Waals surface area contributed by atoms with Gasteiger partial charge in [0.2, 0.25) is 0 Å². The van der Waals surface area contributed by atoms with E-state index in [4.69, 9.17) is 0 Å². The lowest BCUT2D eigenvalue weighted by molar-refractivity contribution is 0.0982. The third kappa shape index (κ3) is 2.15. The Morgan fingerprint density at radius 3 is 2.86 bits per heavy atom. The van der Waals surface area contributed by atoms with Crippen molar-refractivity contribution >= 4 is 17.3 Å². The fourth-order valence-electron chi connectivity index (χ4n) is 2.92. The van der Waals surface area contributed by atoms with E-state index in [1.807, 2.05) is 18.0 Å². The van der Waals surface area contributed by atoms with Crippen molar-refractivity contribution in [2.24, 2.45) is 0 Å². The standard InChI is InChI=1S/C16H17FN4O/c1-20-6-7-21(14-5-4-11(17)8-15(14)20)16(22)13-9-12(18-19-13)10-2-3-10/h4-5,8-10H,2-3,6-7H2,1H3,(H,18,19). The van der Waals surface area contributed by atoms with E-state index in [2.05, 4.69) is 10.2 Å². The summed E-state index contributed by atoms with van der Waals surface area (Å²) in [6, 6.07) is 6.36. The number of likely N-dealkylation sites (N-methyl/N-ethyl adjacent to an activating group) is 1. The molecule has 1 aliphatic carbocycles. The van der Waals surface area contributed by atoms with E-state index in [0.29, 0.717) is 24.7 Å². The summed E-state index contributed by atoms with van der Waals surface area (Å²) in [5, 5.41) is 7.12. The van der Waals surface area contributed by atoms with Crippen molar-refractivity contribution in [3.63, 3.8) is 0 Å². The van der Waals surface area contributed by atoms with Gasteiger partial charge in [-0.2, -0.15) is 5.10 Å². The molecule has 0 bridgehead atoms. The van der Waals surface area contributed by atoms with Gasteiger partial charge in [-0.05, 0) is 37.1 Å². The van der Waals surface area contributed by atoms with E-state index < -0.39 is 0 Å². The highest BCUT2D eigenvalue weighted by molar-refractivity contribution is 6.07. The third-order valence-electron chi connectivity index (χ3n) is 4.38. The van der Waals surface area contributed by atoms with Gasteiger partial charge in [0.05, 0.1) is 11.4 Å². The predicted molar refractivity (Wildman–Crippen MR) is 81.9 cm³/mol. The SMILES string of the molecule is CN1CCN(C(=O)c2cc(C3CC3)[nH]n2)c2ccc(F)cc21. The number of aromatic amines is 1. The molecule has 114 valence electrons. The van der Waals surface area contributed by atoms with Gasteiger partial charge in [0.25, 0.3) is 5.91 Å². The number of nitrogens with one attached hydrogen (secondary N) is 1. The molecule has 0 atom stereocenters. The molecule has 1 N–H and O–H groups in total. The molecule has 1 aromatic heterocycles. The molecule has 0 radical (unpaired) electrons. The van der Waals surface area contributed by atoms with Crippen LogP contribution in [0.25, 0.3) is 0 Å². The molecular formula is C16H17FN4O. The molecule has 4 rings (SSSR count). The normalized spacial score (nSPS) is 17.5. The lowest BCUT2D eigenvalue weighted by Crippen LogP contribution is -2.42. The number of halogens is 1. The number of nitrogens with zero attached hydrogens (tertiary/aromatic N) is 3. The van der Waals surface area contributed by atoms with E-state index in [1.165, 1.54) is 12.1 Å². The Bertz CT molecular complexity index is 737. The lowest BCUT2D eigenvalue weighted by Gasteiger charge is -2.35. The van der Waals surface area contributed by atoms with Crippen molar-refractivity contribution in [3.05, 3.63) is 41.5 Å². The topological polar surface area (TPSA) is 52.2 Å². The van der Waals surface area contributed by atoms with E-state index in [9.17, 15) is 9.18 Å². The third-order valence-corrected chi connectivity index (χ3v) is 4.38. The molecule has 0 spiro atoms. The molecule has 2 heterocycles. The van der Waals surface area contributed by atoms with Gasteiger partial charge < -0.3 is 9.80 Å². The number of amides is 1. The molecule has 1 amide bonds. The number of carbonyl (C=O) groups is 1. The van der Waals surface area contributed by atoms with Crippen LogP contribution in [-0.2, 0) is 0 Å². The number of rotatable bonds is 2. The summed E-state index contributed by atoms with van der Waals surface area (Å²) in [4.78, 5) is 16.4. The number of benzene rings is 1. The second-order valence-electron chi connectivity index (χ2n) is 5.99. The number of hydrogen-bond acceptors (Lipinski definition) is 3. The number of H-pyrrole nitrogens is 1. The molecule has 2 aromatic rings. The Kier molecular flexibility index (Phi) is 2.92. The van der Waals surface area contributed by atoms with Crippen LogP contribution in [0.2, 0.25) is 0 Å². The van der Waals surface area contributed by atoms with Gasteiger partial charge >= 0.3 is 0 Å². The van der Waals surface area contributed by atoms with Crippen LogP contribution in [-0.4, -0.2) is 36.2 Å². The highest BCUT2D eigenvalue weighted by atomic mass is 19.1. The molecule has 1 aromatic carbocycles. The van der Waals surface area contributed by atoms with Gasteiger partial charge in [0.1, 0.15) is 5.82 Å². The van der Waals surface area contributed by atoms with Crippen molar-refractivity contribution < 1.29 is 9.18 Å². The fourth-order valence-corrected chi connectivity index (χ4v) is 2.92. The second kappa shape index (κ2) is 4.83. The Morgan fingerprint density at radius 2 is 2.09 bits per heavy atom. The fraction of sp³-hybridized carbons (Fsp3) is 0.375. The van der Waals surface area contributed by atoms with Crippen molar-refractivity contribution in [2.45, 2.75) is 18.8 Å². The van der Waals surface area contributed by atoms with Crippen molar-refractivity contribution in [1.29, 1.82) is 0 Å². The average molecular weight is 300 g/mol. The van der Waals surface area contributed by atoms with E-state index in [-0.39, 0.29) is 11.7 Å². The number of fused-ring (bicyclic) bond motifs is 1. The van der Waals surface area contributed by atoms with Crippen LogP contribution < -0.4 is 9.80 Å². The number of aromatic nitrogens is 2. The minimum atomic E-state index is -0.296. The zero-order valence-corrected chi connectivity index (χ0v) is 12.3. The van der Waals surface area contributed by atoms with Gasteiger partial charge in [-0.15, -0.1) is 0 Å². The first-order valence-corrected chi connectivity index (χ1v) is 7.51. The molecule has 5 nitrogen and oxygen atoms in total. The zero-order chi connectivity index (χ0) is 15.3. The van der Waals surface area contributed by atoms with Gasteiger partial charge in [-0.1, -0.05) is 0 Å². The quantitative estimate of drug-likeness (QED) is 0.927. The summed E-state index contributed by atoms with van der Waals surface area (Å²) in [7, 11) is 1.90.